The van der Waals surface area contributed by atoms with Crippen molar-refractivity contribution in [3.8, 4) is 0 Å². The second-order valence-electron chi connectivity index (χ2n) is 3.54. The van der Waals surface area contributed by atoms with Crippen molar-refractivity contribution in [2.45, 2.75) is 20.3 Å². The van der Waals surface area contributed by atoms with E-state index < -0.39 is 0 Å². The summed E-state index contributed by atoms with van der Waals surface area (Å²) >= 11 is 0. The lowest BCUT2D eigenvalue weighted by Crippen LogP contribution is -2.24. The van der Waals surface area contributed by atoms with Crippen molar-refractivity contribution in [2.24, 2.45) is 5.92 Å². The lowest BCUT2D eigenvalue weighted by atomic mass is 10.1. The van der Waals surface area contributed by atoms with Crippen molar-refractivity contribution in [1.82, 2.24) is 10.3 Å². The first kappa shape index (κ1) is 9.84. The lowest BCUT2D eigenvalue weighted by Gasteiger charge is -2.05. The number of hydrogen-bond donors (Lipinski definition) is 2. The fraction of sp³-hybridized carbons (Fsp3) is 0.500. The van der Waals surface area contributed by atoms with Gasteiger partial charge in [-0.1, -0.05) is 13.8 Å². The molecule has 0 aromatic carbocycles. The molecule has 72 valence electrons. The Hall–Kier alpha value is -1.25. The number of H-pyrrole nitrogens is 1. The normalized spacial score (nSPS) is 10.4. The van der Waals surface area contributed by atoms with Gasteiger partial charge in [0.25, 0.3) is 5.91 Å². The van der Waals surface area contributed by atoms with Gasteiger partial charge in [-0.2, -0.15) is 0 Å². The molecule has 0 atom stereocenters. The van der Waals surface area contributed by atoms with Gasteiger partial charge in [-0.05, 0) is 18.4 Å². The molecule has 0 unspecified atom stereocenters. The Morgan fingerprint density at radius 1 is 1.62 bits per heavy atom. The molecule has 1 aromatic heterocycles. The second-order valence-corrected chi connectivity index (χ2v) is 3.54. The first-order valence-electron chi connectivity index (χ1n) is 4.61. The van der Waals surface area contributed by atoms with Gasteiger partial charge < -0.3 is 10.3 Å². The Morgan fingerprint density at radius 2 is 2.38 bits per heavy atom. The third-order valence-electron chi connectivity index (χ3n) is 1.87. The van der Waals surface area contributed by atoms with Gasteiger partial charge in [0.05, 0.1) is 5.56 Å². The highest BCUT2D eigenvalue weighted by Crippen LogP contribution is 1.99. The van der Waals surface area contributed by atoms with Gasteiger partial charge in [-0.3, -0.25) is 4.79 Å². The van der Waals surface area contributed by atoms with E-state index >= 15 is 0 Å². The van der Waals surface area contributed by atoms with Crippen molar-refractivity contribution in [1.29, 1.82) is 0 Å². The third kappa shape index (κ3) is 3.32. The maximum atomic E-state index is 11.4. The summed E-state index contributed by atoms with van der Waals surface area (Å²) in [5, 5.41) is 2.86. The zero-order valence-corrected chi connectivity index (χ0v) is 8.13. The van der Waals surface area contributed by atoms with Crippen molar-refractivity contribution in [2.75, 3.05) is 6.54 Å². The fourth-order valence-corrected chi connectivity index (χ4v) is 1.04. The summed E-state index contributed by atoms with van der Waals surface area (Å²) in [6.45, 7) is 5.03. The SMILES string of the molecule is CC(C)CCNC(=O)c1cc[nH]c1. The smallest absolute Gasteiger partial charge is 0.252 e. The van der Waals surface area contributed by atoms with Crippen LogP contribution in [-0.4, -0.2) is 17.4 Å². The van der Waals surface area contributed by atoms with Gasteiger partial charge in [-0.15, -0.1) is 0 Å². The number of carbonyl (C=O) groups is 1. The molecule has 0 bridgehead atoms. The maximum absolute atomic E-state index is 11.4. The molecule has 0 aliphatic heterocycles. The minimum Gasteiger partial charge on any atom is -0.367 e. The molecule has 0 radical (unpaired) electrons. The minimum absolute atomic E-state index is 0.00176. The largest absolute Gasteiger partial charge is 0.367 e. The van der Waals surface area contributed by atoms with Crippen molar-refractivity contribution < 1.29 is 4.79 Å². The molecule has 0 spiro atoms. The van der Waals surface area contributed by atoms with E-state index in [4.69, 9.17) is 0 Å². The molecule has 1 aromatic rings. The van der Waals surface area contributed by atoms with E-state index in [0.717, 1.165) is 13.0 Å². The standard InChI is InChI=1S/C10H16N2O/c1-8(2)3-6-12-10(13)9-4-5-11-7-9/h4-5,7-8,11H,3,6H2,1-2H3,(H,12,13). The van der Waals surface area contributed by atoms with E-state index in [-0.39, 0.29) is 5.91 Å². The molecule has 0 fully saturated rings. The number of aromatic nitrogens is 1. The third-order valence-corrected chi connectivity index (χ3v) is 1.87. The highest BCUT2D eigenvalue weighted by molar-refractivity contribution is 5.93. The molecule has 0 saturated carbocycles. The molecule has 0 aliphatic rings. The summed E-state index contributed by atoms with van der Waals surface area (Å²) in [6, 6.07) is 1.77. The highest BCUT2D eigenvalue weighted by Gasteiger charge is 2.04. The minimum atomic E-state index is 0.00176. The van der Waals surface area contributed by atoms with Crippen LogP contribution in [0.1, 0.15) is 30.6 Å². The van der Waals surface area contributed by atoms with E-state index in [0.29, 0.717) is 11.5 Å². The Kier molecular flexibility index (Phi) is 3.55. The predicted molar refractivity (Wildman–Crippen MR) is 52.6 cm³/mol. The van der Waals surface area contributed by atoms with Crippen molar-refractivity contribution in [3.63, 3.8) is 0 Å². The number of hydrogen-bond acceptors (Lipinski definition) is 1. The van der Waals surface area contributed by atoms with Gasteiger partial charge in [0.15, 0.2) is 0 Å². The molecule has 3 nitrogen and oxygen atoms in total. The first-order chi connectivity index (χ1) is 6.20. The number of aromatic amines is 1. The van der Waals surface area contributed by atoms with E-state index in [1.807, 2.05) is 0 Å². The van der Waals surface area contributed by atoms with Gasteiger partial charge in [0, 0.05) is 18.9 Å². The van der Waals surface area contributed by atoms with Crippen LogP contribution in [0.25, 0.3) is 0 Å². The topological polar surface area (TPSA) is 44.9 Å². The summed E-state index contributed by atoms with van der Waals surface area (Å²) in [6.07, 6.45) is 4.47. The van der Waals surface area contributed by atoms with Crippen LogP contribution in [0.15, 0.2) is 18.5 Å². The number of nitrogens with one attached hydrogen (secondary N) is 2. The average Bonchev–Trinajstić information content (AvgIpc) is 2.55. The highest BCUT2D eigenvalue weighted by atomic mass is 16.1. The van der Waals surface area contributed by atoms with Gasteiger partial charge >= 0.3 is 0 Å². The Balaban J connectivity index is 2.27. The Morgan fingerprint density at radius 3 is 2.92 bits per heavy atom. The van der Waals surface area contributed by atoms with Crippen LogP contribution < -0.4 is 5.32 Å². The van der Waals surface area contributed by atoms with Crippen LogP contribution in [-0.2, 0) is 0 Å². The zero-order valence-electron chi connectivity index (χ0n) is 8.13. The van der Waals surface area contributed by atoms with Crippen molar-refractivity contribution >= 4 is 5.91 Å². The van der Waals surface area contributed by atoms with Crippen LogP contribution in [0.5, 0.6) is 0 Å². The average molecular weight is 180 g/mol. The van der Waals surface area contributed by atoms with E-state index in [9.17, 15) is 4.79 Å². The molecule has 1 heterocycles. The summed E-state index contributed by atoms with van der Waals surface area (Å²) in [4.78, 5) is 14.2. The number of rotatable bonds is 4. The van der Waals surface area contributed by atoms with E-state index in [1.165, 1.54) is 0 Å². The molecule has 2 N–H and O–H groups in total. The summed E-state index contributed by atoms with van der Waals surface area (Å²) in [5.74, 6) is 0.633. The lowest BCUT2D eigenvalue weighted by molar-refractivity contribution is 0.0952. The molecule has 1 rings (SSSR count). The van der Waals surface area contributed by atoms with Gasteiger partial charge in [-0.25, -0.2) is 0 Å². The zero-order chi connectivity index (χ0) is 9.68. The molecular formula is C10H16N2O. The van der Waals surface area contributed by atoms with E-state index in [1.54, 1.807) is 18.5 Å². The van der Waals surface area contributed by atoms with Crippen molar-refractivity contribution in [3.05, 3.63) is 24.0 Å². The van der Waals surface area contributed by atoms with E-state index in [2.05, 4.69) is 24.1 Å². The molecule has 0 saturated heterocycles. The Labute approximate surface area is 78.5 Å². The number of amides is 1. The second kappa shape index (κ2) is 4.70. The molecule has 3 heteroatoms. The van der Waals surface area contributed by atoms with Gasteiger partial charge in [0.2, 0.25) is 0 Å². The first-order valence-corrected chi connectivity index (χ1v) is 4.61. The fourth-order valence-electron chi connectivity index (χ4n) is 1.04. The van der Waals surface area contributed by atoms with Crippen LogP contribution in [0.3, 0.4) is 0 Å². The van der Waals surface area contributed by atoms with Gasteiger partial charge in [0.1, 0.15) is 0 Å². The monoisotopic (exact) mass is 180 g/mol. The van der Waals surface area contributed by atoms with Crippen LogP contribution in [0.2, 0.25) is 0 Å². The summed E-state index contributed by atoms with van der Waals surface area (Å²) in [5.41, 5.74) is 0.698. The summed E-state index contributed by atoms with van der Waals surface area (Å²) < 4.78 is 0. The quantitative estimate of drug-likeness (QED) is 0.729. The van der Waals surface area contributed by atoms with Crippen LogP contribution >= 0.6 is 0 Å². The predicted octanol–water partition coefficient (Wildman–Crippen LogP) is 1.79. The Bertz CT molecular complexity index is 252. The molecule has 1 amide bonds. The number of carbonyl (C=O) groups excluding carboxylic acids is 1. The summed E-state index contributed by atoms with van der Waals surface area (Å²) in [7, 11) is 0. The molecular weight excluding hydrogens is 164 g/mol. The van der Waals surface area contributed by atoms with Crippen LogP contribution in [0.4, 0.5) is 0 Å². The van der Waals surface area contributed by atoms with Crippen LogP contribution in [0, 0.1) is 5.92 Å². The maximum Gasteiger partial charge on any atom is 0.252 e. The molecule has 0 aliphatic carbocycles. The molecule has 13 heavy (non-hydrogen) atoms.